The highest BCUT2D eigenvalue weighted by Crippen LogP contribution is 2.38. The number of halogens is 6. The highest BCUT2D eigenvalue weighted by Gasteiger charge is 2.32. The van der Waals surface area contributed by atoms with Crippen molar-refractivity contribution in [3.63, 3.8) is 0 Å². The third kappa shape index (κ3) is 2.99. The number of hydrogen-bond donors (Lipinski definition) is 0. The van der Waals surface area contributed by atoms with E-state index >= 15 is 0 Å². The monoisotopic (exact) mass is 330 g/mol. The summed E-state index contributed by atoms with van der Waals surface area (Å²) in [7, 11) is 0. The summed E-state index contributed by atoms with van der Waals surface area (Å²) in [5.41, 5.74) is -2.40. The van der Waals surface area contributed by atoms with Crippen LogP contribution in [0.2, 0.25) is 0 Å². The molecule has 0 fully saturated rings. The minimum atomic E-state index is -4.53. The van der Waals surface area contributed by atoms with Gasteiger partial charge >= 0.3 is 11.8 Å². The molecule has 0 bridgehead atoms. The first kappa shape index (κ1) is 14.5. The van der Waals surface area contributed by atoms with Crippen molar-refractivity contribution in [1.29, 1.82) is 0 Å². The zero-order chi connectivity index (χ0) is 14.4. The Bertz CT molecular complexity index is 686. The number of benzene rings is 1. The molecule has 2 aromatic rings. The van der Waals surface area contributed by atoms with Gasteiger partial charge in [0.2, 0.25) is 3.79 Å². The van der Waals surface area contributed by atoms with Crippen LogP contribution in [0.5, 0.6) is 0 Å². The van der Waals surface area contributed by atoms with Crippen LogP contribution >= 0.6 is 34.8 Å². The van der Waals surface area contributed by atoms with E-state index in [2.05, 4.69) is 0 Å². The Balaban J connectivity index is 2.69. The van der Waals surface area contributed by atoms with Gasteiger partial charge in [0.15, 0.2) is 0 Å². The molecule has 19 heavy (non-hydrogen) atoms. The fourth-order valence-electron chi connectivity index (χ4n) is 1.49. The van der Waals surface area contributed by atoms with E-state index in [0.717, 1.165) is 18.2 Å². The van der Waals surface area contributed by atoms with E-state index in [1.54, 1.807) is 0 Å². The van der Waals surface area contributed by atoms with Gasteiger partial charge in [0.05, 0.1) is 11.1 Å². The third-order valence-corrected chi connectivity index (χ3v) is 2.98. The van der Waals surface area contributed by atoms with Crippen molar-refractivity contribution in [3.05, 3.63) is 45.8 Å². The van der Waals surface area contributed by atoms with Crippen LogP contribution < -0.4 is 5.63 Å². The lowest BCUT2D eigenvalue weighted by Gasteiger charge is -2.11. The summed E-state index contributed by atoms with van der Waals surface area (Å²) in [5, 5.41) is 0.230. The van der Waals surface area contributed by atoms with Gasteiger partial charge in [-0.25, -0.2) is 4.79 Å². The van der Waals surface area contributed by atoms with Crippen molar-refractivity contribution in [3.8, 4) is 0 Å². The summed E-state index contributed by atoms with van der Waals surface area (Å²) in [6.07, 6.45) is -4.53. The normalized spacial score (nSPS) is 12.9. The Morgan fingerprint density at radius 3 is 2.21 bits per heavy atom. The smallest absolute Gasteiger partial charge is 0.416 e. The van der Waals surface area contributed by atoms with Crippen LogP contribution in [0.1, 0.15) is 11.1 Å². The Morgan fingerprint density at radius 2 is 1.68 bits per heavy atom. The van der Waals surface area contributed by atoms with Gasteiger partial charge in [-0.3, -0.25) is 0 Å². The highest BCUT2D eigenvalue weighted by atomic mass is 35.6. The third-order valence-electron chi connectivity index (χ3n) is 2.37. The van der Waals surface area contributed by atoms with Gasteiger partial charge in [-0.2, -0.15) is 13.2 Å². The zero-order valence-corrected chi connectivity index (χ0v) is 11.2. The Kier molecular flexibility index (Phi) is 3.49. The highest BCUT2D eigenvalue weighted by molar-refractivity contribution is 6.66. The van der Waals surface area contributed by atoms with Crippen LogP contribution in [0.15, 0.2) is 33.5 Å². The van der Waals surface area contributed by atoms with Gasteiger partial charge in [0.1, 0.15) is 5.58 Å². The molecule has 1 aromatic heterocycles. The van der Waals surface area contributed by atoms with E-state index < -0.39 is 21.2 Å². The van der Waals surface area contributed by atoms with Crippen LogP contribution in [-0.2, 0) is 9.97 Å². The number of alkyl halides is 6. The number of hydrogen-bond acceptors (Lipinski definition) is 2. The van der Waals surface area contributed by atoms with E-state index in [-0.39, 0.29) is 16.5 Å². The fourth-order valence-corrected chi connectivity index (χ4v) is 1.88. The second-order valence-electron chi connectivity index (χ2n) is 3.70. The average molecular weight is 332 g/mol. The van der Waals surface area contributed by atoms with Crippen LogP contribution in [0.4, 0.5) is 13.2 Å². The minimum Gasteiger partial charge on any atom is -0.422 e. The van der Waals surface area contributed by atoms with Crippen molar-refractivity contribution in [2.75, 3.05) is 0 Å². The molecule has 2 nitrogen and oxygen atoms in total. The molecule has 0 atom stereocenters. The van der Waals surface area contributed by atoms with Crippen molar-refractivity contribution < 1.29 is 17.6 Å². The molecule has 0 amide bonds. The lowest BCUT2D eigenvalue weighted by atomic mass is 10.1. The Labute approximate surface area is 119 Å². The molecule has 0 saturated heterocycles. The molecular formula is C11H4Cl3F3O2. The second-order valence-corrected chi connectivity index (χ2v) is 5.98. The van der Waals surface area contributed by atoms with Crippen molar-refractivity contribution in [2.24, 2.45) is 0 Å². The summed E-state index contributed by atoms with van der Waals surface area (Å²) in [5.74, 6) is 0. The summed E-state index contributed by atoms with van der Waals surface area (Å²) in [6.45, 7) is 0. The van der Waals surface area contributed by atoms with Gasteiger partial charge in [-0.15, -0.1) is 0 Å². The second kappa shape index (κ2) is 4.58. The standard InChI is InChI=1S/C11H4Cl3F3O2/c12-10(13,14)7-3-5-1-2-6(11(15,16)17)4-8(5)19-9(7)18/h1-4H. The first-order valence-electron chi connectivity index (χ1n) is 4.81. The number of fused-ring (bicyclic) bond motifs is 1. The van der Waals surface area contributed by atoms with Gasteiger partial charge in [0, 0.05) is 5.39 Å². The van der Waals surface area contributed by atoms with E-state index in [1.165, 1.54) is 6.07 Å². The van der Waals surface area contributed by atoms with Crippen LogP contribution in [0.3, 0.4) is 0 Å². The van der Waals surface area contributed by atoms with Crippen molar-refractivity contribution in [1.82, 2.24) is 0 Å². The molecule has 0 radical (unpaired) electrons. The maximum atomic E-state index is 12.5. The minimum absolute atomic E-state index is 0.224. The van der Waals surface area contributed by atoms with E-state index in [4.69, 9.17) is 39.2 Å². The first-order chi connectivity index (χ1) is 8.59. The maximum absolute atomic E-state index is 12.5. The molecule has 102 valence electrons. The van der Waals surface area contributed by atoms with Crippen molar-refractivity contribution in [2.45, 2.75) is 9.97 Å². The predicted molar refractivity (Wildman–Crippen MR) is 66.7 cm³/mol. The molecule has 0 aliphatic carbocycles. The molecule has 0 N–H and O–H groups in total. The van der Waals surface area contributed by atoms with Crippen molar-refractivity contribution >= 4 is 45.8 Å². The van der Waals surface area contributed by atoms with Crippen LogP contribution in [0, 0.1) is 0 Å². The molecule has 0 aliphatic heterocycles. The van der Waals surface area contributed by atoms with E-state index in [9.17, 15) is 18.0 Å². The Morgan fingerprint density at radius 1 is 1.05 bits per heavy atom. The van der Waals surface area contributed by atoms with Gasteiger partial charge < -0.3 is 4.42 Å². The summed E-state index contributed by atoms with van der Waals surface area (Å²) >= 11 is 16.7. The molecule has 8 heteroatoms. The summed E-state index contributed by atoms with van der Waals surface area (Å²) < 4.78 is 40.2. The van der Waals surface area contributed by atoms with Crippen LogP contribution in [-0.4, -0.2) is 0 Å². The fraction of sp³-hybridized carbons (Fsp3) is 0.182. The SMILES string of the molecule is O=c1oc2cc(C(F)(F)F)ccc2cc1C(Cl)(Cl)Cl. The topological polar surface area (TPSA) is 30.2 Å². The zero-order valence-electron chi connectivity index (χ0n) is 8.89. The first-order valence-corrected chi connectivity index (χ1v) is 5.95. The molecule has 1 heterocycles. The number of rotatable bonds is 0. The molecule has 0 unspecified atom stereocenters. The molecule has 0 spiro atoms. The largest absolute Gasteiger partial charge is 0.422 e. The van der Waals surface area contributed by atoms with Gasteiger partial charge in [-0.1, -0.05) is 40.9 Å². The average Bonchev–Trinajstić information content (AvgIpc) is 2.24. The Hall–Kier alpha value is -0.910. The van der Waals surface area contributed by atoms with Gasteiger partial charge in [0.25, 0.3) is 0 Å². The van der Waals surface area contributed by atoms with E-state index in [1.807, 2.05) is 0 Å². The summed E-state index contributed by atoms with van der Waals surface area (Å²) in [4.78, 5) is 11.5. The summed E-state index contributed by atoms with van der Waals surface area (Å²) in [6, 6.07) is 3.90. The molecule has 0 aliphatic rings. The lowest BCUT2D eigenvalue weighted by Crippen LogP contribution is -2.15. The quantitative estimate of drug-likeness (QED) is 0.520. The van der Waals surface area contributed by atoms with E-state index in [0.29, 0.717) is 0 Å². The molecule has 2 rings (SSSR count). The van der Waals surface area contributed by atoms with Crippen LogP contribution in [0.25, 0.3) is 11.0 Å². The molecular weight excluding hydrogens is 327 g/mol. The molecule has 1 aromatic carbocycles. The predicted octanol–water partition coefficient (Wildman–Crippen LogP) is 4.64. The van der Waals surface area contributed by atoms with Gasteiger partial charge in [-0.05, 0) is 18.2 Å². The molecule has 0 saturated carbocycles. The lowest BCUT2D eigenvalue weighted by molar-refractivity contribution is -0.137. The maximum Gasteiger partial charge on any atom is 0.416 e.